The second kappa shape index (κ2) is 6.61. The summed E-state index contributed by atoms with van der Waals surface area (Å²) in [5, 5.41) is 3.41. The van der Waals surface area contributed by atoms with Gasteiger partial charge >= 0.3 is 0 Å². The van der Waals surface area contributed by atoms with E-state index in [1.165, 1.54) is 5.56 Å². The number of rotatable bonds is 5. The molecule has 21 heavy (non-hydrogen) atoms. The van der Waals surface area contributed by atoms with E-state index in [9.17, 15) is 0 Å². The van der Waals surface area contributed by atoms with Gasteiger partial charge in [0, 0.05) is 19.1 Å². The summed E-state index contributed by atoms with van der Waals surface area (Å²) in [6.07, 6.45) is 1.02. The highest BCUT2D eigenvalue weighted by atomic mass is 15.2. The van der Waals surface area contributed by atoms with E-state index in [-0.39, 0.29) is 5.54 Å². The molecule has 1 aromatic carbocycles. The minimum atomic E-state index is 0.0221. The van der Waals surface area contributed by atoms with Gasteiger partial charge in [0.2, 0.25) is 0 Å². The normalized spacial score (nSPS) is 11.2. The van der Waals surface area contributed by atoms with Crippen molar-refractivity contribution < 1.29 is 0 Å². The average Bonchev–Trinajstić information content (AvgIpc) is 2.44. The predicted molar refractivity (Wildman–Crippen MR) is 91.0 cm³/mol. The molecule has 0 fully saturated rings. The fraction of sp³-hybridized carbons (Fsp3) is 0.389. The molecule has 0 spiro atoms. The first-order valence-corrected chi connectivity index (χ1v) is 7.44. The molecule has 3 nitrogen and oxygen atoms in total. The summed E-state index contributed by atoms with van der Waals surface area (Å²) >= 11 is 0. The molecule has 0 atom stereocenters. The maximum absolute atomic E-state index is 4.69. The molecule has 0 aliphatic heterocycles. The molecule has 3 heteroatoms. The van der Waals surface area contributed by atoms with Crippen LogP contribution in [0, 0.1) is 0 Å². The van der Waals surface area contributed by atoms with Crippen LogP contribution in [-0.2, 0) is 6.42 Å². The highest BCUT2D eigenvalue weighted by Gasteiger charge is 2.11. The Hall–Kier alpha value is -2.03. The molecule has 0 radical (unpaired) electrons. The maximum Gasteiger partial charge on any atom is 0.130 e. The van der Waals surface area contributed by atoms with Crippen LogP contribution >= 0.6 is 0 Å². The summed E-state index contributed by atoms with van der Waals surface area (Å²) in [4.78, 5) is 6.88. The number of pyridine rings is 1. The molecule has 0 amide bonds. The Bertz CT molecular complexity index is 558. The smallest absolute Gasteiger partial charge is 0.130 e. The molecule has 0 saturated carbocycles. The third kappa shape index (κ3) is 5.10. The van der Waals surface area contributed by atoms with Crippen LogP contribution in [0.1, 0.15) is 26.3 Å². The van der Waals surface area contributed by atoms with Crippen LogP contribution in [0.25, 0.3) is 0 Å². The van der Waals surface area contributed by atoms with Crippen molar-refractivity contribution in [2.75, 3.05) is 23.8 Å². The highest BCUT2D eigenvalue weighted by Crippen LogP contribution is 2.17. The van der Waals surface area contributed by atoms with E-state index in [0.717, 1.165) is 24.6 Å². The van der Waals surface area contributed by atoms with Gasteiger partial charge in [-0.25, -0.2) is 4.98 Å². The molecule has 2 aromatic rings. The van der Waals surface area contributed by atoms with E-state index in [4.69, 9.17) is 0 Å². The molecular formula is C18H25N3. The molecule has 1 heterocycles. The molecular weight excluding hydrogens is 258 g/mol. The molecule has 0 unspecified atom stereocenters. The summed E-state index contributed by atoms with van der Waals surface area (Å²) in [5.41, 5.74) is 1.38. The van der Waals surface area contributed by atoms with Crippen LogP contribution in [0.4, 0.5) is 11.6 Å². The first-order valence-electron chi connectivity index (χ1n) is 7.44. The van der Waals surface area contributed by atoms with Gasteiger partial charge in [-0.05, 0) is 44.9 Å². The van der Waals surface area contributed by atoms with E-state index < -0.39 is 0 Å². The van der Waals surface area contributed by atoms with Crippen LogP contribution in [0.2, 0.25) is 0 Å². The van der Waals surface area contributed by atoms with Crippen LogP contribution in [0.15, 0.2) is 48.5 Å². The number of nitrogens with zero attached hydrogens (tertiary/aromatic N) is 2. The Morgan fingerprint density at radius 1 is 1.00 bits per heavy atom. The van der Waals surface area contributed by atoms with Gasteiger partial charge in [0.25, 0.3) is 0 Å². The number of anilines is 2. The van der Waals surface area contributed by atoms with Crippen molar-refractivity contribution in [1.29, 1.82) is 0 Å². The van der Waals surface area contributed by atoms with Crippen molar-refractivity contribution in [2.24, 2.45) is 0 Å². The Balaban J connectivity index is 1.99. The van der Waals surface area contributed by atoms with Crippen molar-refractivity contribution in [3.05, 3.63) is 54.1 Å². The topological polar surface area (TPSA) is 28.2 Å². The highest BCUT2D eigenvalue weighted by molar-refractivity contribution is 5.47. The second-order valence-electron chi connectivity index (χ2n) is 6.41. The van der Waals surface area contributed by atoms with Gasteiger partial charge in [0.15, 0.2) is 0 Å². The quantitative estimate of drug-likeness (QED) is 0.900. The monoisotopic (exact) mass is 283 g/mol. The number of likely N-dealkylation sites (N-methyl/N-ethyl adjacent to an activating group) is 1. The summed E-state index contributed by atoms with van der Waals surface area (Å²) in [7, 11) is 2.09. The summed E-state index contributed by atoms with van der Waals surface area (Å²) in [5.74, 6) is 1.92. The largest absolute Gasteiger partial charge is 0.365 e. The zero-order valence-electron chi connectivity index (χ0n) is 13.4. The van der Waals surface area contributed by atoms with Crippen molar-refractivity contribution in [3.8, 4) is 0 Å². The van der Waals surface area contributed by atoms with Crippen molar-refractivity contribution in [1.82, 2.24) is 4.98 Å². The zero-order chi connectivity index (χ0) is 15.3. The number of benzene rings is 1. The zero-order valence-corrected chi connectivity index (χ0v) is 13.4. The summed E-state index contributed by atoms with van der Waals surface area (Å²) in [6, 6.07) is 16.7. The molecule has 112 valence electrons. The maximum atomic E-state index is 4.69. The standard InChI is InChI=1S/C18H25N3/c1-18(2,3)20-16-11-8-12-17(19-16)21(4)14-13-15-9-6-5-7-10-15/h5-12H,13-14H2,1-4H3,(H,19,20). The average molecular weight is 283 g/mol. The van der Waals surface area contributed by atoms with Crippen molar-refractivity contribution >= 4 is 11.6 Å². The fourth-order valence-corrected chi connectivity index (χ4v) is 2.15. The first-order chi connectivity index (χ1) is 9.94. The van der Waals surface area contributed by atoms with Gasteiger partial charge in [-0.1, -0.05) is 36.4 Å². The molecule has 2 rings (SSSR count). The Morgan fingerprint density at radius 3 is 2.38 bits per heavy atom. The summed E-state index contributed by atoms with van der Waals surface area (Å²) < 4.78 is 0. The van der Waals surface area contributed by atoms with Gasteiger partial charge in [-0.3, -0.25) is 0 Å². The van der Waals surface area contributed by atoms with E-state index in [1.54, 1.807) is 0 Å². The third-order valence-corrected chi connectivity index (χ3v) is 3.21. The third-order valence-electron chi connectivity index (χ3n) is 3.21. The van der Waals surface area contributed by atoms with Gasteiger partial charge in [-0.15, -0.1) is 0 Å². The van der Waals surface area contributed by atoms with Crippen LogP contribution < -0.4 is 10.2 Å². The Morgan fingerprint density at radius 2 is 1.71 bits per heavy atom. The van der Waals surface area contributed by atoms with Gasteiger partial charge in [0.05, 0.1) is 0 Å². The molecule has 0 aliphatic carbocycles. The van der Waals surface area contributed by atoms with Crippen molar-refractivity contribution in [2.45, 2.75) is 32.7 Å². The minimum absolute atomic E-state index is 0.0221. The number of aromatic nitrogens is 1. The minimum Gasteiger partial charge on any atom is -0.365 e. The van der Waals surface area contributed by atoms with E-state index >= 15 is 0 Å². The predicted octanol–water partition coefficient (Wildman–Crippen LogP) is 3.97. The number of hydrogen-bond donors (Lipinski definition) is 1. The Kier molecular flexibility index (Phi) is 4.84. The Labute approximate surface area is 128 Å². The molecule has 0 bridgehead atoms. The second-order valence-corrected chi connectivity index (χ2v) is 6.41. The SMILES string of the molecule is CN(CCc1ccccc1)c1cccc(NC(C)(C)C)n1. The van der Waals surface area contributed by atoms with Gasteiger partial charge in [-0.2, -0.15) is 0 Å². The molecule has 0 aliphatic rings. The molecule has 0 saturated heterocycles. The summed E-state index contributed by atoms with van der Waals surface area (Å²) in [6.45, 7) is 7.37. The lowest BCUT2D eigenvalue weighted by atomic mass is 10.1. The van der Waals surface area contributed by atoms with E-state index in [2.05, 4.69) is 85.5 Å². The van der Waals surface area contributed by atoms with Crippen molar-refractivity contribution in [3.63, 3.8) is 0 Å². The van der Waals surface area contributed by atoms with Gasteiger partial charge in [0.1, 0.15) is 11.6 Å². The lowest BCUT2D eigenvalue weighted by Crippen LogP contribution is -2.27. The van der Waals surface area contributed by atoms with Crippen LogP contribution in [0.5, 0.6) is 0 Å². The van der Waals surface area contributed by atoms with Crippen LogP contribution in [0.3, 0.4) is 0 Å². The lowest BCUT2D eigenvalue weighted by molar-refractivity contribution is 0.630. The first kappa shape index (κ1) is 15.4. The van der Waals surface area contributed by atoms with E-state index in [1.807, 2.05) is 6.07 Å². The fourth-order valence-electron chi connectivity index (χ4n) is 2.15. The van der Waals surface area contributed by atoms with Crippen LogP contribution in [-0.4, -0.2) is 24.1 Å². The van der Waals surface area contributed by atoms with E-state index in [0.29, 0.717) is 0 Å². The number of nitrogens with one attached hydrogen (secondary N) is 1. The molecule has 1 N–H and O–H groups in total. The van der Waals surface area contributed by atoms with Gasteiger partial charge < -0.3 is 10.2 Å². The molecule has 1 aromatic heterocycles. The lowest BCUT2D eigenvalue weighted by Gasteiger charge is -2.23. The number of hydrogen-bond acceptors (Lipinski definition) is 3.